The lowest BCUT2D eigenvalue weighted by Gasteiger charge is -2.21. The van der Waals surface area contributed by atoms with Crippen molar-refractivity contribution in [3.05, 3.63) is 0 Å². The summed E-state index contributed by atoms with van der Waals surface area (Å²) in [4.78, 5) is 11.6. The van der Waals surface area contributed by atoms with E-state index in [9.17, 15) is 4.79 Å². The minimum atomic E-state index is 0.0588. The molecule has 0 spiro atoms. The maximum absolute atomic E-state index is 11.6. The molecule has 0 aliphatic heterocycles. The van der Waals surface area contributed by atoms with Crippen molar-refractivity contribution < 1.29 is 4.79 Å². The molecule has 0 bridgehead atoms. The molecule has 0 heterocycles. The van der Waals surface area contributed by atoms with E-state index in [1.807, 2.05) is 6.92 Å². The Morgan fingerprint density at radius 2 is 2.06 bits per heavy atom. The lowest BCUT2D eigenvalue weighted by Crippen LogP contribution is -2.40. The van der Waals surface area contributed by atoms with Gasteiger partial charge in [-0.2, -0.15) is 0 Å². The molecule has 1 amide bonds. The molecule has 2 N–H and O–H groups in total. The Kier molecular flexibility index (Phi) is 6.83. The van der Waals surface area contributed by atoms with Gasteiger partial charge in [-0.25, -0.2) is 0 Å². The Balaban J connectivity index is 3.78. The van der Waals surface area contributed by atoms with Crippen LogP contribution in [0.1, 0.15) is 47.0 Å². The second-order valence-corrected chi connectivity index (χ2v) is 5.01. The summed E-state index contributed by atoms with van der Waals surface area (Å²) < 4.78 is 0. The first kappa shape index (κ1) is 15.0. The summed E-state index contributed by atoms with van der Waals surface area (Å²) in [6, 6.07) is 0.118. The molecule has 0 rings (SSSR count). The Hall–Kier alpha value is -1.01. The van der Waals surface area contributed by atoms with Crippen molar-refractivity contribution in [1.29, 1.82) is 0 Å². The van der Waals surface area contributed by atoms with Gasteiger partial charge < -0.3 is 10.6 Å². The highest BCUT2D eigenvalue weighted by Gasteiger charge is 2.11. The fourth-order valence-corrected chi connectivity index (χ4v) is 1.29. The van der Waals surface area contributed by atoms with Gasteiger partial charge in [-0.1, -0.05) is 6.92 Å². The quantitative estimate of drug-likeness (QED) is 0.674. The molecular formula is C13H24N2O. The maximum Gasteiger partial charge on any atom is 0.221 e. The van der Waals surface area contributed by atoms with Crippen LogP contribution in [0.5, 0.6) is 0 Å². The molecule has 0 saturated heterocycles. The maximum atomic E-state index is 11.6. The van der Waals surface area contributed by atoms with Gasteiger partial charge >= 0.3 is 0 Å². The van der Waals surface area contributed by atoms with Crippen LogP contribution in [0.25, 0.3) is 0 Å². The lowest BCUT2D eigenvalue weighted by molar-refractivity contribution is -0.121. The third-order valence-corrected chi connectivity index (χ3v) is 2.23. The summed E-state index contributed by atoms with van der Waals surface area (Å²) in [6.07, 6.45) is 7.21. The van der Waals surface area contributed by atoms with E-state index in [1.54, 1.807) is 0 Å². The van der Waals surface area contributed by atoms with Crippen LogP contribution in [0.2, 0.25) is 0 Å². The van der Waals surface area contributed by atoms with Crippen molar-refractivity contribution in [1.82, 2.24) is 10.6 Å². The predicted molar refractivity (Wildman–Crippen MR) is 68.0 cm³/mol. The third kappa shape index (κ3) is 8.31. The number of hydrogen-bond acceptors (Lipinski definition) is 2. The number of carbonyl (C=O) groups is 1. The number of hydrogen-bond donors (Lipinski definition) is 2. The first-order chi connectivity index (χ1) is 7.39. The largest absolute Gasteiger partial charge is 0.352 e. The summed E-state index contributed by atoms with van der Waals surface area (Å²) in [7, 11) is 0. The highest BCUT2D eigenvalue weighted by atomic mass is 16.1. The van der Waals surface area contributed by atoms with Crippen molar-refractivity contribution in [2.45, 2.75) is 58.5 Å². The highest BCUT2D eigenvalue weighted by molar-refractivity contribution is 5.76. The Morgan fingerprint density at radius 1 is 1.44 bits per heavy atom. The molecular weight excluding hydrogens is 200 g/mol. The van der Waals surface area contributed by atoms with E-state index in [4.69, 9.17) is 6.42 Å². The van der Waals surface area contributed by atoms with Gasteiger partial charge in [-0.3, -0.25) is 4.79 Å². The van der Waals surface area contributed by atoms with Crippen LogP contribution in [0.4, 0.5) is 0 Å². The van der Waals surface area contributed by atoms with E-state index in [1.165, 1.54) is 0 Å². The zero-order valence-corrected chi connectivity index (χ0v) is 10.9. The average molecular weight is 224 g/mol. The first-order valence-electron chi connectivity index (χ1n) is 5.87. The van der Waals surface area contributed by atoms with Crippen LogP contribution in [0.15, 0.2) is 0 Å². The molecule has 0 aromatic rings. The Morgan fingerprint density at radius 3 is 2.50 bits per heavy atom. The van der Waals surface area contributed by atoms with Crippen LogP contribution >= 0.6 is 0 Å². The van der Waals surface area contributed by atoms with E-state index in [2.05, 4.69) is 37.3 Å². The fourth-order valence-electron chi connectivity index (χ4n) is 1.29. The third-order valence-electron chi connectivity index (χ3n) is 2.23. The molecule has 3 heteroatoms. The van der Waals surface area contributed by atoms with Gasteiger partial charge in [-0.15, -0.1) is 12.3 Å². The van der Waals surface area contributed by atoms with Crippen molar-refractivity contribution in [2.75, 3.05) is 6.54 Å². The topological polar surface area (TPSA) is 41.1 Å². The van der Waals surface area contributed by atoms with Gasteiger partial charge in [-0.05, 0) is 27.2 Å². The molecule has 0 aromatic heterocycles. The van der Waals surface area contributed by atoms with E-state index >= 15 is 0 Å². The standard InChI is InChI=1S/C13H24N2O/c1-6-8-11(7-2)15-12(16)9-10-14-13(3,4)5/h1,11,14H,7-10H2,2-5H3,(H,15,16). The normalized spacial score (nSPS) is 12.9. The van der Waals surface area contributed by atoms with Crippen LogP contribution in [0, 0.1) is 12.3 Å². The fraction of sp³-hybridized carbons (Fsp3) is 0.769. The monoisotopic (exact) mass is 224 g/mol. The predicted octanol–water partition coefficient (Wildman–Crippen LogP) is 1.68. The van der Waals surface area contributed by atoms with Crippen LogP contribution in [0.3, 0.4) is 0 Å². The molecule has 16 heavy (non-hydrogen) atoms. The molecule has 92 valence electrons. The Bertz CT molecular complexity index is 248. The lowest BCUT2D eigenvalue weighted by atomic mass is 10.1. The van der Waals surface area contributed by atoms with Crippen LogP contribution in [-0.4, -0.2) is 24.0 Å². The van der Waals surface area contributed by atoms with Gasteiger partial charge in [0.05, 0.1) is 0 Å². The second-order valence-electron chi connectivity index (χ2n) is 5.01. The molecule has 0 aliphatic carbocycles. The summed E-state index contributed by atoms with van der Waals surface area (Å²) in [5.41, 5.74) is 0.0588. The molecule has 0 radical (unpaired) electrons. The summed E-state index contributed by atoms with van der Waals surface area (Å²) in [5, 5.41) is 6.21. The van der Waals surface area contributed by atoms with Gasteiger partial charge in [0.2, 0.25) is 5.91 Å². The molecule has 0 aliphatic rings. The molecule has 0 saturated carbocycles. The number of nitrogens with one attached hydrogen (secondary N) is 2. The molecule has 1 atom stereocenters. The highest BCUT2D eigenvalue weighted by Crippen LogP contribution is 1.99. The first-order valence-corrected chi connectivity index (χ1v) is 5.87. The van der Waals surface area contributed by atoms with Crippen LogP contribution in [-0.2, 0) is 4.79 Å². The smallest absolute Gasteiger partial charge is 0.221 e. The van der Waals surface area contributed by atoms with Gasteiger partial charge in [0.1, 0.15) is 0 Å². The second kappa shape index (κ2) is 7.29. The number of amides is 1. The van der Waals surface area contributed by atoms with E-state index in [-0.39, 0.29) is 17.5 Å². The SMILES string of the molecule is C#CCC(CC)NC(=O)CCNC(C)(C)C. The number of rotatable bonds is 6. The number of carbonyl (C=O) groups excluding carboxylic acids is 1. The van der Waals surface area contributed by atoms with Gasteiger partial charge in [0, 0.05) is 31.0 Å². The number of terminal acetylenes is 1. The van der Waals surface area contributed by atoms with Crippen molar-refractivity contribution >= 4 is 5.91 Å². The van der Waals surface area contributed by atoms with Crippen LogP contribution < -0.4 is 10.6 Å². The van der Waals surface area contributed by atoms with Crippen molar-refractivity contribution in [2.24, 2.45) is 0 Å². The Labute approximate surface area is 99.4 Å². The van der Waals surface area contributed by atoms with E-state index < -0.39 is 0 Å². The van der Waals surface area contributed by atoms with Crippen molar-refractivity contribution in [3.63, 3.8) is 0 Å². The summed E-state index contributed by atoms with van der Waals surface area (Å²) in [6.45, 7) is 8.96. The minimum absolute atomic E-state index is 0.0588. The summed E-state index contributed by atoms with van der Waals surface area (Å²) in [5.74, 6) is 2.64. The van der Waals surface area contributed by atoms with Gasteiger partial charge in [0.15, 0.2) is 0 Å². The molecule has 0 aromatic carbocycles. The zero-order chi connectivity index (χ0) is 12.6. The average Bonchev–Trinajstić information content (AvgIpc) is 2.15. The molecule has 3 nitrogen and oxygen atoms in total. The summed E-state index contributed by atoms with van der Waals surface area (Å²) >= 11 is 0. The van der Waals surface area contributed by atoms with E-state index in [0.717, 1.165) is 6.42 Å². The molecule has 1 unspecified atom stereocenters. The molecule has 0 fully saturated rings. The van der Waals surface area contributed by atoms with Gasteiger partial charge in [0.25, 0.3) is 0 Å². The van der Waals surface area contributed by atoms with E-state index in [0.29, 0.717) is 19.4 Å². The zero-order valence-electron chi connectivity index (χ0n) is 10.9. The minimum Gasteiger partial charge on any atom is -0.352 e. The van der Waals surface area contributed by atoms with Crippen molar-refractivity contribution in [3.8, 4) is 12.3 Å².